The van der Waals surface area contributed by atoms with E-state index in [-0.39, 0.29) is 4.90 Å². The molecule has 0 aliphatic carbocycles. The maximum atomic E-state index is 12.9. The molecular formula is C21H19N5O2S2. The van der Waals surface area contributed by atoms with Gasteiger partial charge in [0.2, 0.25) is 10.0 Å². The second kappa shape index (κ2) is 7.75. The summed E-state index contributed by atoms with van der Waals surface area (Å²) in [6, 6.07) is 15.2. The Balaban J connectivity index is 1.45. The second-order valence-corrected chi connectivity index (χ2v) is 9.83. The minimum Gasteiger partial charge on any atom is -0.353 e. The molecule has 0 N–H and O–H groups in total. The zero-order valence-corrected chi connectivity index (χ0v) is 17.7. The van der Waals surface area contributed by atoms with Crippen molar-refractivity contribution in [1.29, 1.82) is 0 Å². The summed E-state index contributed by atoms with van der Waals surface area (Å²) in [5.74, 6) is 1.55. The molecule has 4 aromatic rings. The summed E-state index contributed by atoms with van der Waals surface area (Å²) in [5.41, 5.74) is 0.885. The highest BCUT2D eigenvalue weighted by molar-refractivity contribution is 7.89. The van der Waals surface area contributed by atoms with E-state index < -0.39 is 10.0 Å². The molecule has 9 heteroatoms. The molecule has 0 amide bonds. The van der Waals surface area contributed by atoms with E-state index in [0.29, 0.717) is 32.0 Å². The highest BCUT2D eigenvalue weighted by Gasteiger charge is 2.30. The minimum absolute atomic E-state index is 0.228. The van der Waals surface area contributed by atoms with Crippen molar-refractivity contribution >= 4 is 38.1 Å². The molecule has 152 valence electrons. The second-order valence-electron chi connectivity index (χ2n) is 6.95. The van der Waals surface area contributed by atoms with Gasteiger partial charge in [-0.15, -0.1) is 11.3 Å². The Bertz CT molecular complexity index is 1270. The van der Waals surface area contributed by atoms with Crippen molar-refractivity contribution in [3.63, 3.8) is 0 Å². The fourth-order valence-corrected chi connectivity index (χ4v) is 5.65. The van der Waals surface area contributed by atoms with Crippen molar-refractivity contribution in [3.05, 3.63) is 66.3 Å². The average Bonchev–Trinajstić information content (AvgIpc) is 3.34. The predicted molar refractivity (Wildman–Crippen MR) is 118 cm³/mol. The number of hydrogen-bond acceptors (Lipinski definition) is 7. The van der Waals surface area contributed by atoms with Gasteiger partial charge >= 0.3 is 0 Å². The van der Waals surface area contributed by atoms with Crippen molar-refractivity contribution < 1.29 is 8.42 Å². The first-order valence-corrected chi connectivity index (χ1v) is 11.9. The van der Waals surface area contributed by atoms with Crippen molar-refractivity contribution in [1.82, 2.24) is 19.3 Å². The monoisotopic (exact) mass is 437 g/mol. The third-order valence-corrected chi connectivity index (χ3v) is 7.88. The molecule has 1 aliphatic rings. The van der Waals surface area contributed by atoms with Crippen LogP contribution in [0.25, 0.3) is 21.6 Å². The van der Waals surface area contributed by atoms with Gasteiger partial charge in [0.1, 0.15) is 10.7 Å². The lowest BCUT2D eigenvalue weighted by atomic mass is 10.2. The maximum absolute atomic E-state index is 12.9. The van der Waals surface area contributed by atoms with Gasteiger partial charge in [-0.2, -0.15) is 4.31 Å². The van der Waals surface area contributed by atoms with E-state index in [1.54, 1.807) is 29.7 Å². The number of aromatic nitrogens is 3. The number of sulfonamides is 1. The van der Waals surface area contributed by atoms with Crippen molar-refractivity contribution in [3.8, 4) is 10.7 Å². The van der Waals surface area contributed by atoms with Gasteiger partial charge in [-0.3, -0.25) is 4.98 Å². The topological polar surface area (TPSA) is 79.3 Å². The number of para-hydroxylation sites is 1. The number of benzene rings is 1. The number of pyridine rings is 1. The molecule has 0 radical (unpaired) electrons. The summed E-state index contributed by atoms with van der Waals surface area (Å²) in [5, 5.41) is 2.98. The van der Waals surface area contributed by atoms with Crippen LogP contribution in [0.15, 0.2) is 71.2 Å². The van der Waals surface area contributed by atoms with Gasteiger partial charge < -0.3 is 4.90 Å². The van der Waals surface area contributed by atoms with Crippen LogP contribution >= 0.6 is 11.3 Å². The van der Waals surface area contributed by atoms with E-state index in [9.17, 15) is 8.42 Å². The molecule has 4 heterocycles. The first-order valence-electron chi connectivity index (χ1n) is 9.59. The molecule has 3 aromatic heterocycles. The molecule has 7 nitrogen and oxygen atoms in total. The Labute approximate surface area is 178 Å². The largest absolute Gasteiger partial charge is 0.353 e. The van der Waals surface area contributed by atoms with Crippen molar-refractivity contribution in [2.45, 2.75) is 4.90 Å². The van der Waals surface area contributed by atoms with Crippen LogP contribution in [-0.2, 0) is 10.0 Å². The molecule has 1 fully saturated rings. The normalized spacial score (nSPS) is 15.5. The number of nitrogens with zero attached hydrogens (tertiary/aromatic N) is 5. The standard InChI is InChI=1S/C21H19N5O2S2/c27-30(28,16-5-3-9-22-15-16)26-12-10-25(11-13-26)21-17-6-1-2-7-18(17)23-20(24-21)19-8-4-14-29-19/h1-9,14-15H,10-13H2. The highest BCUT2D eigenvalue weighted by Crippen LogP contribution is 2.30. The molecule has 0 bridgehead atoms. The van der Waals surface area contributed by atoms with E-state index >= 15 is 0 Å². The number of fused-ring (bicyclic) bond motifs is 1. The molecule has 5 rings (SSSR count). The third-order valence-electron chi connectivity index (χ3n) is 5.14. The highest BCUT2D eigenvalue weighted by atomic mass is 32.2. The third kappa shape index (κ3) is 3.45. The van der Waals surface area contributed by atoms with Crippen LogP contribution in [0, 0.1) is 0 Å². The molecule has 0 spiro atoms. The van der Waals surface area contributed by atoms with Crippen LogP contribution in [0.4, 0.5) is 5.82 Å². The fourth-order valence-electron chi connectivity index (χ4n) is 3.61. The molecule has 0 saturated carbocycles. The molecule has 0 unspecified atom stereocenters. The number of rotatable bonds is 4. The Morgan fingerprint density at radius 2 is 1.73 bits per heavy atom. The van der Waals surface area contributed by atoms with E-state index in [1.165, 1.54) is 10.5 Å². The van der Waals surface area contributed by atoms with Crippen molar-refractivity contribution in [2.75, 3.05) is 31.1 Å². The van der Waals surface area contributed by atoms with Crippen LogP contribution < -0.4 is 4.90 Å². The SMILES string of the molecule is O=S(=O)(c1cccnc1)N1CCN(c2nc(-c3cccs3)nc3ccccc23)CC1. The molecule has 1 aromatic carbocycles. The van der Waals surface area contributed by atoms with Gasteiger partial charge in [0, 0.05) is 44.0 Å². The first kappa shape index (κ1) is 19.1. The smallest absolute Gasteiger partial charge is 0.244 e. The Morgan fingerprint density at radius 3 is 2.47 bits per heavy atom. The Hall–Kier alpha value is -2.88. The van der Waals surface area contributed by atoms with E-state index in [2.05, 4.69) is 9.88 Å². The van der Waals surface area contributed by atoms with Crippen molar-refractivity contribution in [2.24, 2.45) is 0 Å². The van der Waals surface area contributed by atoms with Gasteiger partial charge in [0.05, 0.1) is 10.4 Å². The van der Waals surface area contributed by atoms with Crippen LogP contribution in [-0.4, -0.2) is 53.9 Å². The van der Waals surface area contributed by atoms with Gasteiger partial charge in [-0.1, -0.05) is 18.2 Å². The summed E-state index contributed by atoms with van der Waals surface area (Å²) in [4.78, 5) is 16.9. The van der Waals surface area contributed by atoms with Crippen LogP contribution in [0.2, 0.25) is 0 Å². The maximum Gasteiger partial charge on any atom is 0.244 e. The summed E-state index contributed by atoms with van der Waals surface area (Å²) in [7, 11) is -3.54. The molecule has 1 saturated heterocycles. The van der Waals surface area contributed by atoms with E-state index in [1.807, 2.05) is 41.8 Å². The predicted octanol–water partition coefficient (Wildman–Crippen LogP) is 3.26. The van der Waals surface area contributed by atoms with Gasteiger partial charge in [0.15, 0.2) is 5.82 Å². The van der Waals surface area contributed by atoms with E-state index in [0.717, 1.165) is 21.6 Å². The van der Waals surface area contributed by atoms with Crippen LogP contribution in [0.1, 0.15) is 0 Å². The lowest BCUT2D eigenvalue weighted by molar-refractivity contribution is 0.384. The summed E-state index contributed by atoms with van der Waals surface area (Å²) >= 11 is 1.60. The first-order chi connectivity index (χ1) is 14.6. The number of thiophene rings is 1. The zero-order chi connectivity index (χ0) is 20.6. The number of anilines is 1. The summed E-state index contributed by atoms with van der Waals surface area (Å²) in [6.07, 6.45) is 2.97. The number of hydrogen-bond donors (Lipinski definition) is 0. The Kier molecular flexibility index (Phi) is 4.93. The van der Waals surface area contributed by atoms with Gasteiger partial charge in [0.25, 0.3) is 0 Å². The van der Waals surface area contributed by atoms with Crippen LogP contribution in [0.5, 0.6) is 0 Å². The average molecular weight is 438 g/mol. The quantitative estimate of drug-likeness (QED) is 0.488. The fraction of sp³-hybridized carbons (Fsp3) is 0.190. The van der Waals surface area contributed by atoms with E-state index in [4.69, 9.17) is 9.97 Å². The van der Waals surface area contributed by atoms with Crippen LogP contribution in [0.3, 0.4) is 0 Å². The molecule has 30 heavy (non-hydrogen) atoms. The van der Waals surface area contributed by atoms with Gasteiger partial charge in [-0.05, 0) is 35.7 Å². The molecule has 1 aliphatic heterocycles. The lowest BCUT2D eigenvalue weighted by Crippen LogP contribution is -2.49. The lowest BCUT2D eigenvalue weighted by Gasteiger charge is -2.35. The summed E-state index contributed by atoms with van der Waals surface area (Å²) < 4.78 is 27.3. The minimum atomic E-state index is -3.54. The zero-order valence-electron chi connectivity index (χ0n) is 16.0. The summed E-state index contributed by atoms with van der Waals surface area (Å²) in [6.45, 7) is 1.91. The van der Waals surface area contributed by atoms with Gasteiger partial charge in [-0.25, -0.2) is 18.4 Å². The number of piperazine rings is 1. The molecule has 0 atom stereocenters. The molecular weight excluding hydrogens is 418 g/mol. The Morgan fingerprint density at radius 1 is 0.900 bits per heavy atom.